The molecule has 0 atom stereocenters. The maximum atomic E-state index is 6.59. The third-order valence-corrected chi connectivity index (χ3v) is 6.66. The molecule has 0 radical (unpaired) electrons. The summed E-state index contributed by atoms with van der Waals surface area (Å²) in [6, 6.07) is 22.1. The Morgan fingerprint density at radius 1 is 1.00 bits per heavy atom. The Balaban J connectivity index is 1.26. The second-order valence-electron chi connectivity index (χ2n) is 8.20. The molecule has 4 aromatic rings. The van der Waals surface area contributed by atoms with Gasteiger partial charge in [-0.3, -0.25) is 0 Å². The Hall–Kier alpha value is -3.07. The highest BCUT2D eigenvalue weighted by Crippen LogP contribution is 2.37. The number of tetrazole rings is 1. The molecule has 0 unspecified atom stereocenters. The van der Waals surface area contributed by atoms with Crippen LogP contribution in [0.2, 0.25) is 5.02 Å². The van der Waals surface area contributed by atoms with E-state index in [9.17, 15) is 0 Å². The van der Waals surface area contributed by atoms with Crippen molar-refractivity contribution in [1.29, 1.82) is 0 Å². The van der Waals surface area contributed by atoms with E-state index in [0.29, 0.717) is 36.3 Å². The summed E-state index contributed by atoms with van der Waals surface area (Å²) >= 11 is 8.23. The largest absolute Gasteiger partial charge is 0.490 e. The van der Waals surface area contributed by atoms with Crippen LogP contribution in [0.15, 0.2) is 71.9 Å². The van der Waals surface area contributed by atoms with E-state index in [4.69, 9.17) is 21.1 Å². The fourth-order valence-corrected chi connectivity index (χ4v) is 4.68. The molecule has 7 nitrogen and oxygen atoms in total. The van der Waals surface area contributed by atoms with E-state index in [1.54, 1.807) is 16.4 Å². The number of nitrogens with zero attached hydrogens (tertiary/aromatic N) is 4. The minimum absolute atomic E-state index is 0.433. The van der Waals surface area contributed by atoms with Crippen molar-refractivity contribution in [3.8, 4) is 17.2 Å². The second kappa shape index (κ2) is 13.3. The first kappa shape index (κ1) is 26.0. The summed E-state index contributed by atoms with van der Waals surface area (Å²) < 4.78 is 13.6. The lowest BCUT2D eigenvalue weighted by molar-refractivity contribution is 0.269. The third-order valence-electron chi connectivity index (χ3n) is 5.37. The van der Waals surface area contributed by atoms with E-state index in [0.717, 1.165) is 40.7 Å². The zero-order valence-corrected chi connectivity index (χ0v) is 22.1. The van der Waals surface area contributed by atoms with Gasteiger partial charge in [0.2, 0.25) is 5.16 Å². The second-order valence-corrected chi connectivity index (χ2v) is 9.67. The Morgan fingerprint density at radius 2 is 1.81 bits per heavy atom. The molecule has 0 aliphatic heterocycles. The molecule has 4 rings (SSSR count). The van der Waals surface area contributed by atoms with Gasteiger partial charge in [0.25, 0.3) is 0 Å². The van der Waals surface area contributed by atoms with Crippen molar-refractivity contribution in [1.82, 2.24) is 25.5 Å². The number of aryl methyl sites for hydroxylation is 1. The standard InChI is InChI=1S/C27H30ClN5O2S/c1-3-34-25-17-22(16-24(28)26(25)35-19-21-12-10-20(2)11-13-21)18-29-14-7-15-36-27-30-31-32-33(27)23-8-5-4-6-9-23/h4-6,8-13,16-17,29H,3,7,14-15,18-19H2,1-2H3. The van der Waals surface area contributed by atoms with Crippen LogP contribution in [0.5, 0.6) is 11.5 Å². The molecule has 0 aliphatic rings. The van der Waals surface area contributed by atoms with Gasteiger partial charge in [0.15, 0.2) is 11.5 Å². The highest BCUT2D eigenvalue weighted by atomic mass is 35.5. The number of thioether (sulfide) groups is 1. The molecule has 0 bridgehead atoms. The van der Waals surface area contributed by atoms with Crippen molar-refractivity contribution in [2.45, 2.75) is 38.6 Å². The molecule has 9 heteroatoms. The quantitative estimate of drug-likeness (QED) is 0.173. The van der Waals surface area contributed by atoms with Gasteiger partial charge in [0, 0.05) is 12.3 Å². The molecule has 0 aliphatic carbocycles. The maximum Gasteiger partial charge on any atom is 0.214 e. The van der Waals surface area contributed by atoms with Crippen LogP contribution in [0, 0.1) is 6.92 Å². The Morgan fingerprint density at radius 3 is 2.58 bits per heavy atom. The number of para-hydroxylation sites is 1. The predicted octanol–water partition coefficient (Wildman–Crippen LogP) is 5.87. The van der Waals surface area contributed by atoms with Crippen LogP contribution in [0.1, 0.15) is 30.0 Å². The minimum Gasteiger partial charge on any atom is -0.490 e. The molecule has 0 spiro atoms. The van der Waals surface area contributed by atoms with Crippen molar-refractivity contribution in [3.63, 3.8) is 0 Å². The number of halogens is 1. The summed E-state index contributed by atoms with van der Waals surface area (Å²) in [6.45, 7) is 6.53. The number of hydrogen-bond acceptors (Lipinski definition) is 7. The zero-order valence-electron chi connectivity index (χ0n) is 20.5. The van der Waals surface area contributed by atoms with Crippen molar-refractivity contribution >= 4 is 23.4 Å². The van der Waals surface area contributed by atoms with Crippen molar-refractivity contribution in [3.05, 3.63) is 88.4 Å². The molecule has 36 heavy (non-hydrogen) atoms. The van der Waals surface area contributed by atoms with Crippen molar-refractivity contribution in [2.75, 3.05) is 18.9 Å². The van der Waals surface area contributed by atoms with Gasteiger partial charge < -0.3 is 14.8 Å². The Labute approximate surface area is 221 Å². The first-order chi connectivity index (χ1) is 17.6. The molecule has 0 saturated heterocycles. The molecule has 1 N–H and O–H groups in total. The number of nitrogens with one attached hydrogen (secondary N) is 1. The molecular formula is C27H30ClN5O2S. The van der Waals surface area contributed by atoms with Gasteiger partial charge in [-0.25, -0.2) is 0 Å². The zero-order chi connectivity index (χ0) is 25.2. The van der Waals surface area contributed by atoms with Gasteiger partial charge in [-0.15, -0.1) is 5.10 Å². The number of rotatable bonds is 13. The number of hydrogen-bond donors (Lipinski definition) is 1. The summed E-state index contributed by atoms with van der Waals surface area (Å²) in [7, 11) is 0. The van der Waals surface area contributed by atoms with E-state index in [1.807, 2.05) is 49.4 Å². The summed E-state index contributed by atoms with van der Waals surface area (Å²) in [6.07, 6.45) is 0.968. The van der Waals surface area contributed by atoms with E-state index < -0.39 is 0 Å². The lowest BCUT2D eigenvalue weighted by Gasteiger charge is -2.16. The van der Waals surface area contributed by atoms with Crippen molar-refractivity contribution < 1.29 is 9.47 Å². The number of aromatic nitrogens is 4. The average molecular weight is 524 g/mol. The summed E-state index contributed by atoms with van der Waals surface area (Å²) in [5.41, 5.74) is 4.30. The first-order valence-corrected chi connectivity index (χ1v) is 13.3. The first-order valence-electron chi connectivity index (χ1n) is 11.9. The fraction of sp³-hybridized carbons (Fsp3) is 0.296. The topological polar surface area (TPSA) is 74.1 Å². The number of ether oxygens (including phenoxy) is 2. The lowest BCUT2D eigenvalue weighted by atomic mass is 10.1. The normalized spacial score (nSPS) is 11.0. The highest BCUT2D eigenvalue weighted by Gasteiger charge is 2.13. The van der Waals surface area contributed by atoms with E-state index in [2.05, 4.69) is 52.0 Å². The summed E-state index contributed by atoms with van der Waals surface area (Å²) in [5, 5.41) is 16.9. The molecule has 188 valence electrons. The van der Waals surface area contributed by atoms with E-state index in [1.165, 1.54) is 5.56 Å². The molecule has 1 heterocycles. The van der Waals surface area contributed by atoms with Gasteiger partial charge >= 0.3 is 0 Å². The minimum atomic E-state index is 0.433. The molecule has 0 saturated carbocycles. The third kappa shape index (κ3) is 7.22. The molecule has 3 aromatic carbocycles. The number of benzene rings is 3. The van der Waals surface area contributed by atoms with Crippen LogP contribution in [0.3, 0.4) is 0 Å². The van der Waals surface area contributed by atoms with Crippen molar-refractivity contribution in [2.24, 2.45) is 0 Å². The fourth-order valence-electron chi connectivity index (χ4n) is 3.56. The van der Waals surface area contributed by atoms with Crippen LogP contribution in [-0.4, -0.2) is 39.1 Å². The van der Waals surface area contributed by atoms with E-state index >= 15 is 0 Å². The van der Waals surface area contributed by atoms with Crippen LogP contribution in [-0.2, 0) is 13.2 Å². The van der Waals surface area contributed by atoms with E-state index in [-0.39, 0.29) is 0 Å². The van der Waals surface area contributed by atoms with Crippen LogP contribution >= 0.6 is 23.4 Å². The monoisotopic (exact) mass is 523 g/mol. The lowest BCUT2D eigenvalue weighted by Crippen LogP contribution is -2.15. The van der Waals surface area contributed by atoms with Gasteiger partial charge in [0.1, 0.15) is 6.61 Å². The SMILES string of the molecule is CCOc1cc(CNCCCSc2nnnn2-c2ccccc2)cc(Cl)c1OCc1ccc(C)cc1. The molecule has 0 amide bonds. The van der Waals surface area contributed by atoms with Crippen LogP contribution in [0.25, 0.3) is 5.69 Å². The van der Waals surface area contributed by atoms with Gasteiger partial charge in [-0.2, -0.15) is 4.68 Å². The van der Waals surface area contributed by atoms with Gasteiger partial charge in [0.05, 0.1) is 17.3 Å². The van der Waals surface area contributed by atoms with Crippen LogP contribution < -0.4 is 14.8 Å². The van der Waals surface area contributed by atoms with Gasteiger partial charge in [-0.1, -0.05) is 71.4 Å². The van der Waals surface area contributed by atoms with Crippen LogP contribution in [0.4, 0.5) is 0 Å². The summed E-state index contributed by atoms with van der Waals surface area (Å²) in [4.78, 5) is 0. The smallest absolute Gasteiger partial charge is 0.214 e. The predicted molar refractivity (Wildman–Crippen MR) is 144 cm³/mol. The molecule has 0 fully saturated rings. The molecular weight excluding hydrogens is 494 g/mol. The summed E-state index contributed by atoms with van der Waals surface area (Å²) in [5.74, 6) is 2.14. The highest BCUT2D eigenvalue weighted by molar-refractivity contribution is 7.99. The average Bonchev–Trinajstić information content (AvgIpc) is 3.36. The Kier molecular flexibility index (Phi) is 9.61. The maximum absolute atomic E-state index is 6.59. The van der Waals surface area contributed by atoms with Gasteiger partial charge in [-0.05, 0) is 72.6 Å². The Bertz CT molecular complexity index is 1230. The molecule has 1 aromatic heterocycles.